The van der Waals surface area contributed by atoms with Crippen LogP contribution in [0.15, 0.2) is 12.1 Å². The maximum Gasteiger partial charge on any atom is 0.204 e. The van der Waals surface area contributed by atoms with Gasteiger partial charge in [-0.2, -0.15) is 0 Å². The molecule has 0 heterocycles. The Morgan fingerprint density at radius 2 is 1.10 bits per heavy atom. The van der Waals surface area contributed by atoms with Gasteiger partial charge in [0.15, 0.2) is 17.8 Å². The summed E-state index contributed by atoms with van der Waals surface area (Å²) in [4.78, 5) is 11.6. The highest BCUT2D eigenvalue weighted by molar-refractivity contribution is 5.82. The molecule has 0 amide bonds. The summed E-state index contributed by atoms with van der Waals surface area (Å²) in [6.07, 6.45) is 14.5. The van der Waals surface area contributed by atoms with Crippen LogP contribution in [0.5, 0.6) is 17.2 Å². The lowest BCUT2D eigenvalue weighted by Gasteiger charge is -2.18. The summed E-state index contributed by atoms with van der Waals surface area (Å²) in [7, 11) is 0. The van der Waals surface area contributed by atoms with Crippen LogP contribution in [0.3, 0.4) is 0 Å². The van der Waals surface area contributed by atoms with E-state index in [1.54, 1.807) is 6.07 Å². The van der Waals surface area contributed by atoms with E-state index in [1.165, 1.54) is 38.5 Å². The van der Waals surface area contributed by atoms with Crippen molar-refractivity contribution >= 4 is 6.29 Å². The minimum Gasteiger partial charge on any atom is -0.490 e. The van der Waals surface area contributed by atoms with Crippen molar-refractivity contribution in [1.29, 1.82) is 0 Å². The minimum absolute atomic E-state index is 0.530. The maximum absolute atomic E-state index is 11.6. The number of ether oxygens (including phenoxy) is 3. The van der Waals surface area contributed by atoms with E-state index in [0.29, 0.717) is 42.6 Å². The zero-order chi connectivity index (χ0) is 21.2. The average molecular weight is 407 g/mol. The summed E-state index contributed by atoms with van der Waals surface area (Å²) in [5.41, 5.74) is 0.530. The van der Waals surface area contributed by atoms with Gasteiger partial charge in [0.1, 0.15) is 0 Å². The van der Waals surface area contributed by atoms with Gasteiger partial charge in [-0.05, 0) is 31.4 Å². The third-order valence-electron chi connectivity index (χ3n) is 4.98. The van der Waals surface area contributed by atoms with Crippen molar-refractivity contribution in [2.45, 2.75) is 97.8 Å². The smallest absolute Gasteiger partial charge is 0.204 e. The lowest BCUT2D eigenvalue weighted by molar-refractivity contribution is 0.111. The van der Waals surface area contributed by atoms with Crippen molar-refractivity contribution in [2.75, 3.05) is 19.8 Å². The fraction of sp³-hybridized carbons (Fsp3) is 0.720. The standard InChI is InChI=1S/C25H42O4/c1-4-7-10-13-18-27-23-17-16-22(21-26)24(28-19-14-11-8-5-2)25(23)29-20-15-12-9-6-3/h16-17,21H,4-15,18-20H2,1-3H3. The summed E-state index contributed by atoms with van der Waals surface area (Å²) >= 11 is 0. The average Bonchev–Trinajstić information content (AvgIpc) is 2.74. The number of hydrogen-bond donors (Lipinski definition) is 0. The van der Waals surface area contributed by atoms with Crippen LogP contribution in [0.2, 0.25) is 0 Å². The molecule has 0 saturated heterocycles. The van der Waals surface area contributed by atoms with E-state index in [0.717, 1.165) is 44.8 Å². The highest BCUT2D eigenvalue weighted by atomic mass is 16.5. The number of rotatable bonds is 19. The molecular weight excluding hydrogens is 364 g/mol. The molecule has 1 aromatic rings. The first-order valence-electron chi connectivity index (χ1n) is 11.8. The molecule has 0 N–H and O–H groups in total. The second-order valence-corrected chi connectivity index (χ2v) is 7.66. The largest absolute Gasteiger partial charge is 0.490 e. The quantitative estimate of drug-likeness (QED) is 0.178. The Morgan fingerprint density at radius 3 is 1.59 bits per heavy atom. The van der Waals surface area contributed by atoms with Crippen molar-refractivity contribution in [1.82, 2.24) is 0 Å². The van der Waals surface area contributed by atoms with Gasteiger partial charge in [-0.3, -0.25) is 4.79 Å². The van der Waals surface area contributed by atoms with Crippen LogP contribution in [0.4, 0.5) is 0 Å². The third kappa shape index (κ3) is 10.6. The van der Waals surface area contributed by atoms with Crippen LogP contribution in [0.25, 0.3) is 0 Å². The Bertz CT molecular complexity index is 542. The Kier molecular flexibility index (Phi) is 15.0. The van der Waals surface area contributed by atoms with Crippen LogP contribution in [-0.4, -0.2) is 26.1 Å². The number of unbranched alkanes of at least 4 members (excludes halogenated alkanes) is 9. The predicted molar refractivity (Wildman–Crippen MR) is 121 cm³/mol. The van der Waals surface area contributed by atoms with E-state index in [1.807, 2.05) is 6.07 Å². The van der Waals surface area contributed by atoms with Gasteiger partial charge in [0.2, 0.25) is 5.75 Å². The molecule has 0 aliphatic rings. The summed E-state index contributed by atoms with van der Waals surface area (Å²) in [5, 5.41) is 0. The molecule has 0 atom stereocenters. The number of carbonyl (C=O) groups is 1. The number of aldehydes is 1. The molecule has 166 valence electrons. The summed E-state index contributed by atoms with van der Waals surface area (Å²) in [6.45, 7) is 8.45. The van der Waals surface area contributed by atoms with E-state index in [9.17, 15) is 4.79 Å². The minimum atomic E-state index is 0.530. The molecule has 4 heteroatoms. The van der Waals surface area contributed by atoms with Crippen molar-refractivity contribution in [3.63, 3.8) is 0 Å². The van der Waals surface area contributed by atoms with Crippen LogP contribution in [-0.2, 0) is 0 Å². The number of carbonyl (C=O) groups excluding carboxylic acids is 1. The second-order valence-electron chi connectivity index (χ2n) is 7.66. The van der Waals surface area contributed by atoms with E-state index in [-0.39, 0.29) is 0 Å². The summed E-state index contributed by atoms with van der Waals surface area (Å²) < 4.78 is 18.2. The van der Waals surface area contributed by atoms with E-state index in [4.69, 9.17) is 14.2 Å². The number of benzene rings is 1. The topological polar surface area (TPSA) is 44.8 Å². The van der Waals surface area contributed by atoms with E-state index in [2.05, 4.69) is 20.8 Å². The molecule has 29 heavy (non-hydrogen) atoms. The zero-order valence-electron chi connectivity index (χ0n) is 19.0. The second kappa shape index (κ2) is 17.2. The van der Waals surface area contributed by atoms with Crippen LogP contribution in [0, 0.1) is 0 Å². The molecule has 1 aromatic carbocycles. The molecule has 0 fully saturated rings. The number of hydrogen-bond acceptors (Lipinski definition) is 4. The first kappa shape index (κ1) is 25.3. The molecule has 0 radical (unpaired) electrons. The Hall–Kier alpha value is -1.71. The van der Waals surface area contributed by atoms with Gasteiger partial charge >= 0.3 is 0 Å². The van der Waals surface area contributed by atoms with E-state index < -0.39 is 0 Å². The van der Waals surface area contributed by atoms with Gasteiger partial charge in [0.05, 0.1) is 25.4 Å². The molecule has 0 aliphatic carbocycles. The molecule has 0 unspecified atom stereocenters. The first-order chi connectivity index (χ1) is 14.3. The molecule has 0 saturated carbocycles. The summed E-state index contributed by atoms with van der Waals surface area (Å²) in [6, 6.07) is 3.62. The van der Waals surface area contributed by atoms with Gasteiger partial charge in [-0.25, -0.2) is 0 Å². The van der Waals surface area contributed by atoms with Gasteiger partial charge < -0.3 is 14.2 Å². The van der Waals surface area contributed by atoms with Gasteiger partial charge in [0, 0.05) is 0 Å². The summed E-state index contributed by atoms with van der Waals surface area (Å²) in [5.74, 6) is 1.82. The Balaban J connectivity index is 2.83. The van der Waals surface area contributed by atoms with Crippen molar-refractivity contribution in [3.8, 4) is 17.2 Å². The first-order valence-corrected chi connectivity index (χ1v) is 11.8. The molecule has 0 bridgehead atoms. The Morgan fingerprint density at radius 1 is 0.621 bits per heavy atom. The van der Waals surface area contributed by atoms with Gasteiger partial charge in [-0.15, -0.1) is 0 Å². The van der Waals surface area contributed by atoms with E-state index >= 15 is 0 Å². The monoisotopic (exact) mass is 406 g/mol. The molecule has 0 aliphatic heterocycles. The van der Waals surface area contributed by atoms with Crippen LogP contribution in [0.1, 0.15) is 108 Å². The highest BCUT2D eigenvalue weighted by Gasteiger charge is 2.18. The fourth-order valence-electron chi connectivity index (χ4n) is 3.17. The van der Waals surface area contributed by atoms with Crippen molar-refractivity contribution < 1.29 is 19.0 Å². The maximum atomic E-state index is 11.6. The normalized spacial score (nSPS) is 10.7. The van der Waals surface area contributed by atoms with Crippen molar-refractivity contribution in [2.24, 2.45) is 0 Å². The van der Waals surface area contributed by atoms with Crippen LogP contribution < -0.4 is 14.2 Å². The zero-order valence-corrected chi connectivity index (χ0v) is 19.0. The van der Waals surface area contributed by atoms with Crippen LogP contribution >= 0.6 is 0 Å². The lowest BCUT2D eigenvalue weighted by atomic mass is 10.1. The molecule has 0 aromatic heterocycles. The molecule has 0 spiro atoms. The predicted octanol–water partition coefficient (Wildman–Crippen LogP) is 7.38. The highest BCUT2D eigenvalue weighted by Crippen LogP contribution is 2.40. The lowest BCUT2D eigenvalue weighted by Crippen LogP contribution is -2.08. The molecule has 4 nitrogen and oxygen atoms in total. The SMILES string of the molecule is CCCCCCOc1ccc(C=O)c(OCCCCCC)c1OCCCCCC. The molecule has 1 rings (SSSR count). The Labute approximate surface area is 178 Å². The van der Waals surface area contributed by atoms with Gasteiger partial charge in [-0.1, -0.05) is 78.6 Å². The molecular formula is C25H42O4. The fourth-order valence-corrected chi connectivity index (χ4v) is 3.17. The van der Waals surface area contributed by atoms with Gasteiger partial charge in [0.25, 0.3) is 0 Å². The van der Waals surface area contributed by atoms with Crippen molar-refractivity contribution in [3.05, 3.63) is 17.7 Å². The third-order valence-corrected chi connectivity index (χ3v) is 4.98.